The fraction of sp³-hybridized carbons (Fsp3) is 0.667. The second kappa shape index (κ2) is 11.9. The number of carbonyl (C=O) groups is 2. The van der Waals surface area contributed by atoms with Crippen LogP contribution in [0.2, 0.25) is 0 Å². The predicted octanol–water partition coefficient (Wildman–Crippen LogP) is 2.56. The summed E-state index contributed by atoms with van der Waals surface area (Å²) in [7, 11) is -3.69. The van der Waals surface area contributed by atoms with Gasteiger partial charge in [-0.3, -0.25) is 9.59 Å². The van der Waals surface area contributed by atoms with E-state index < -0.39 is 10.0 Å². The molecule has 1 aromatic carbocycles. The third kappa shape index (κ3) is 6.55. The largest absolute Gasteiger partial charge is 0.379 e. The van der Waals surface area contributed by atoms with E-state index in [1.165, 1.54) is 16.8 Å². The van der Waals surface area contributed by atoms with E-state index in [-0.39, 0.29) is 22.6 Å². The normalized spacial score (nSPS) is 19.9. The molecule has 1 aromatic rings. The van der Waals surface area contributed by atoms with Crippen LogP contribution in [0, 0.1) is 12.8 Å². The summed E-state index contributed by atoms with van der Waals surface area (Å²) < 4.78 is 32.8. The molecule has 3 rings (SSSR count). The van der Waals surface area contributed by atoms with E-state index in [1.807, 2.05) is 6.92 Å². The predicted molar refractivity (Wildman–Crippen MR) is 127 cm³/mol. The van der Waals surface area contributed by atoms with E-state index >= 15 is 0 Å². The average Bonchev–Trinajstić information content (AvgIpc) is 2.84. The monoisotopic (exact) mass is 479 g/mol. The molecule has 8 nitrogen and oxygen atoms in total. The maximum absolute atomic E-state index is 13.3. The van der Waals surface area contributed by atoms with E-state index in [4.69, 9.17) is 4.74 Å². The maximum Gasteiger partial charge on any atom is 0.254 e. The van der Waals surface area contributed by atoms with E-state index in [0.717, 1.165) is 37.7 Å². The van der Waals surface area contributed by atoms with Crippen LogP contribution < -0.4 is 5.32 Å². The molecule has 2 amide bonds. The number of hydrogen-bond acceptors (Lipinski definition) is 5. The van der Waals surface area contributed by atoms with Crippen molar-refractivity contribution in [3.8, 4) is 0 Å². The van der Waals surface area contributed by atoms with Crippen molar-refractivity contribution in [1.29, 1.82) is 0 Å². The minimum atomic E-state index is -3.69. The number of likely N-dealkylation sites (tertiary alicyclic amines) is 1. The maximum atomic E-state index is 13.3. The molecule has 184 valence electrons. The first-order valence-corrected chi connectivity index (χ1v) is 13.5. The second-order valence-electron chi connectivity index (χ2n) is 8.94. The van der Waals surface area contributed by atoms with E-state index in [9.17, 15) is 18.0 Å². The van der Waals surface area contributed by atoms with Crippen LogP contribution >= 0.6 is 0 Å². The number of nitrogens with one attached hydrogen (secondary N) is 1. The van der Waals surface area contributed by atoms with Gasteiger partial charge in [0.1, 0.15) is 0 Å². The van der Waals surface area contributed by atoms with Gasteiger partial charge in [0.05, 0.1) is 24.0 Å². The summed E-state index contributed by atoms with van der Waals surface area (Å²) in [6.45, 7) is 6.91. The smallest absolute Gasteiger partial charge is 0.254 e. The number of amides is 2. The number of aryl methyl sites for hydroxylation is 1. The second-order valence-corrected chi connectivity index (χ2v) is 10.9. The van der Waals surface area contributed by atoms with Gasteiger partial charge < -0.3 is 15.0 Å². The van der Waals surface area contributed by atoms with Gasteiger partial charge in [-0.05, 0) is 43.9 Å². The van der Waals surface area contributed by atoms with Gasteiger partial charge in [-0.25, -0.2) is 8.42 Å². The van der Waals surface area contributed by atoms with Crippen LogP contribution in [0.5, 0.6) is 0 Å². The highest BCUT2D eigenvalue weighted by atomic mass is 32.2. The summed E-state index contributed by atoms with van der Waals surface area (Å²) in [4.78, 5) is 27.8. The molecule has 2 heterocycles. The number of hydrogen-bond donors (Lipinski definition) is 1. The molecule has 2 saturated heterocycles. The van der Waals surface area contributed by atoms with Crippen molar-refractivity contribution in [2.75, 3.05) is 45.9 Å². The van der Waals surface area contributed by atoms with Gasteiger partial charge in [-0.15, -0.1) is 0 Å². The Hall–Kier alpha value is -1.97. The Morgan fingerprint density at radius 2 is 1.88 bits per heavy atom. The van der Waals surface area contributed by atoms with Gasteiger partial charge in [0.15, 0.2) is 0 Å². The van der Waals surface area contributed by atoms with Gasteiger partial charge in [0, 0.05) is 38.3 Å². The Balaban J connectivity index is 1.67. The molecule has 1 atom stereocenters. The number of piperidine rings is 1. The minimum absolute atomic E-state index is 0.00404. The Bertz CT molecular complexity index is 928. The molecule has 2 aliphatic heterocycles. The summed E-state index contributed by atoms with van der Waals surface area (Å²) in [6, 6.07) is 4.73. The molecule has 0 bridgehead atoms. The number of nitrogens with zero attached hydrogens (tertiary/aromatic N) is 2. The van der Waals surface area contributed by atoms with Crippen LogP contribution in [0.15, 0.2) is 23.1 Å². The zero-order valence-electron chi connectivity index (χ0n) is 19.8. The van der Waals surface area contributed by atoms with Crippen molar-refractivity contribution in [1.82, 2.24) is 14.5 Å². The van der Waals surface area contributed by atoms with Crippen LogP contribution in [0.25, 0.3) is 0 Å². The first-order valence-electron chi connectivity index (χ1n) is 12.1. The number of ether oxygens (including phenoxy) is 1. The van der Waals surface area contributed by atoms with Crippen LogP contribution in [0.4, 0.5) is 0 Å². The molecule has 0 aliphatic carbocycles. The van der Waals surface area contributed by atoms with E-state index in [2.05, 4.69) is 12.2 Å². The molecule has 0 aromatic heterocycles. The van der Waals surface area contributed by atoms with Crippen molar-refractivity contribution in [3.63, 3.8) is 0 Å². The molecular formula is C24H37N3O5S. The summed E-state index contributed by atoms with van der Waals surface area (Å²) in [5, 5.41) is 3.02. The van der Waals surface area contributed by atoms with Crippen LogP contribution in [-0.4, -0.2) is 75.4 Å². The number of carbonyl (C=O) groups excluding carboxylic acids is 2. The highest BCUT2D eigenvalue weighted by Crippen LogP contribution is 2.24. The third-order valence-corrected chi connectivity index (χ3v) is 8.35. The van der Waals surface area contributed by atoms with Crippen molar-refractivity contribution >= 4 is 21.8 Å². The van der Waals surface area contributed by atoms with Gasteiger partial charge in [0.25, 0.3) is 5.91 Å². The zero-order chi connectivity index (χ0) is 23.8. The summed E-state index contributed by atoms with van der Waals surface area (Å²) >= 11 is 0. The Morgan fingerprint density at radius 3 is 2.61 bits per heavy atom. The highest BCUT2D eigenvalue weighted by molar-refractivity contribution is 7.89. The van der Waals surface area contributed by atoms with Crippen molar-refractivity contribution < 1.29 is 22.7 Å². The summed E-state index contributed by atoms with van der Waals surface area (Å²) in [6.07, 6.45) is 5.91. The fourth-order valence-corrected chi connectivity index (χ4v) is 5.82. The zero-order valence-corrected chi connectivity index (χ0v) is 20.7. The number of sulfonamides is 1. The van der Waals surface area contributed by atoms with Gasteiger partial charge in [-0.1, -0.05) is 32.3 Å². The van der Waals surface area contributed by atoms with Gasteiger partial charge >= 0.3 is 0 Å². The Kier molecular flexibility index (Phi) is 9.28. The number of rotatable bonds is 9. The minimum Gasteiger partial charge on any atom is -0.379 e. The topological polar surface area (TPSA) is 96.0 Å². The molecule has 33 heavy (non-hydrogen) atoms. The van der Waals surface area contributed by atoms with Crippen molar-refractivity contribution in [3.05, 3.63) is 29.3 Å². The summed E-state index contributed by atoms with van der Waals surface area (Å²) in [5.74, 6) is -0.439. The van der Waals surface area contributed by atoms with Crippen molar-refractivity contribution in [2.45, 2.75) is 57.3 Å². The molecule has 2 aliphatic rings. The number of unbranched alkanes of at least 4 members (excludes halogenated alkanes) is 3. The Labute approximate surface area is 197 Å². The van der Waals surface area contributed by atoms with E-state index in [1.54, 1.807) is 17.0 Å². The van der Waals surface area contributed by atoms with E-state index in [0.29, 0.717) is 51.5 Å². The van der Waals surface area contributed by atoms with Crippen LogP contribution in [0.1, 0.15) is 61.4 Å². The molecule has 0 radical (unpaired) electrons. The summed E-state index contributed by atoms with van der Waals surface area (Å²) in [5.41, 5.74) is 1.10. The third-order valence-electron chi connectivity index (χ3n) is 6.46. The van der Waals surface area contributed by atoms with Crippen LogP contribution in [-0.2, 0) is 19.6 Å². The highest BCUT2D eigenvalue weighted by Gasteiger charge is 2.31. The molecule has 0 saturated carbocycles. The first-order chi connectivity index (χ1) is 15.8. The van der Waals surface area contributed by atoms with Gasteiger partial charge in [0.2, 0.25) is 15.9 Å². The van der Waals surface area contributed by atoms with Gasteiger partial charge in [-0.2, -0.15) is 4.31 Å². The van der Waals surface area contributed by atoms with Crippen LogP contribution in [0.3, 0.4) is 0 Å². The molecule has 2 fully saturated rings. The van der Waals surface area contributed by atoms with Crippen molar-refractivity contribution in [2.24, 2.45) is 5.92 Å². The molecule has 1 N–H and O–H groups in total. The SMILES string of the molecule is CCCCCCNC(=O)C1CCCN(C(=O)c2cc(S(=O)(=O)N3CCOCC3)ccc2C)C1. The number of benzene rings is 1. The number of morpholine rings is 1. The lowest BCUT2D eigenvalue weighted by molar-refractivity contribution is -0.126. The first kappa shape index (κ1) is 25.6. The fourth-order valence-electron chi connectivity index (χ4n) is 4.38. The molecule has 9 heteroatoms. The molecular weight excluding hydrogens is 442 g/mol. The molecule has 0 spiro atoms. The quantitative estimate of drug-likeness (QED) is 0.549. The lowest BCUT2D eigenvalue weighted by Crippen LogP contribution is -2.45. The standard InChI is InChI=1S/C24H37N3O5S/c1-3-4-5-6-11-25-23(28)20-8-7-12-26(18-20)24(29)22-17-21(10-9-19(22)2)33(30,31)27-13-15-32-16-14-27/h9-10,17,20H,3-8,11-16,18H2,1-2H3,(H,25,28). The lowest BCUT2D eigenvalue weighted by atomic mass is 9.96. The molecule has 1 unspecified atom stereocenters. The Morgan fingerprint density at radius 1 is 1.12 bits per heavy atom. The lowest BCUT2D eigenvalue weighted by Gasteiger charge is -2.32. The average molecular weight is 480 g/mol.